The topological polar surface area (TPSA) is 72.2 Å². The van der Waals surface area contributed by atoms with Gasteiger partial charge in [-0.2, -0.15) is 0 Å². The van der Waals surface area contributed by atoms with Crippen LogP contribution in [0, 0.1) is 0 Å². The fourth-order valence-electron chi connectivity index (χ4n) is 2.59. The monoisotopic (exact) mass is 316 g/mol. The van der Waals surface area contributed by atoms with Gasteiger partial charge in [0.25, 0.3) is 0 Å². The van der Waals surface area contributed by atoms with E-state index < -0.39 is 10.0 Å². The highest BCUT2D eigenvalue weighted by Crippen LogP contribution is 2.25. The molecule has 20 heavy (non-hydrogen) atoms. The summed E-state index contributed by atoms with van der Waals surface area (Å²) < 4.78 is 27.6. The molecule has 1 saturated carbocycles. The molecule has 1 aromatic rings. The molecule has 112 valence electrons. The molecule has 1 aromatic carbocycles. The Balaban J connectivity index is 2.13. The SMILES string of the molecule is Nc1ccc(S(=O)(=O)NC2CCCCCCC2)c(Cl)c1. The molecule has 0 bridgehead atoms. The third kappa shape index (κ3) is 4.11. The molecule has 0 amide bonds. The van der Waals surface area contributed by atoms with Crippen LogP contribution in [0.25, 0.3) is 0 Å². The summed E-state index contributed by atoms with van der Waals surface area (Å²) in [5.74, 6) is 0. The van der Waals surface area contributed by atoms with Gasteiger partial charge in [0.05, 0.1) is 5.02 Å². The van der Waals surface area contributed by atoms with Crippen LogP contribution in [0.4, 0.5) is 5.69 Å². The van der Waals surface area contributed by atoms with Gasteiger partial charge in [-0.15, -0.1) is 0 Å². The quantitative estimate of drug-likeness (QED) is 0.840. The summed E-state index contributed by atoms with van der Waals surface area (Å²) >= 11 is 5.99. The first-order chi connectivity index (χ1) is 9.49. The minimum atomic E-state index is -3.57. The van der Waals surface area contributed by atoms with Crippen LogP contribution >= 0.6 is 11.6 Å². The number of rotatable bonds is 3. The van der Waals surface area contributed by atoms with Crippen molar-refractivity contribution in [1.29, 1.82) is 0 Å². The number of nitrogens with two attached hydrogens (primary N) is 1. The van der Waals surface area contributed by atoms with Gasteiger partial charge in [-0.25, -0.2) is 13.1 Å². The third-order valence-corrected chi connectivity index (χ3v) is 5.68. The summed E-state index contributed by atoms with van der Waals surface area (Å²) in [4.78, 5) is 0.107. The number of nitrogen functional groups attached to an aromatic ring is 1. The number of anilines is 1. The maximum Gasteiger partial charge on any atom is 0.242 e. The van der Waals surface area contributed by atoms with Crippen molar-refractivity contribution < 1.29 is 8.42 Å². The second-order valence-corrected chi connectivity index (χ2v) is 7.44. The van der Waals surface area contributed by atoms with Crippen molar-refractivity contribution in [2.45, 2.75) is 55.9 Å². The van der Waals surface area contributed by atoms with Crippen LogP contribution in [0.2, 0.25) is 5.02 Å². The van der Waals surface area contributed by atoms with E-state index in [2.05, 4.69) is 4.72 Å². The highest BCUT2D eigenvalue weighted by molar-refractivity contribution is 7.89. The fraction of sp³-hybridized carbons (Fsp3) is 0.571. The lowest BCUT2D eigenvalue weighted by Gasteiger charge is -2.21. The average molecular weight is 317 g/mol. The molecule has 2 rings (SSSR count). The van der Waals surface area contributed by atoms with Crippen LogP contribution in [0.5, 0.6) is 0 Å². The van der Waals surface area contributed by atoms with E-state index in [-0.39, 0.29) is 16.0 Å². The van der Waals surface area contributed by atoms with E-state index in [1.54, 1.807) is 6.07 Å². The van der Waals surface area contributed by atoms with Crippen molar-refractivity contribution in [2.24, 2.45) is 0 Å². The second-order valence-electron chi connectivity index (χ2n) is 5.35. The van der Waals surface area contributed by atoms with Crippen LogP contribution in [-0.4, -0.2) is 14.5 Å². The summed E-state index contributed by atoms with van der Waals surface area (Å²) in [5.41, 5.74) is 6.05. The molecule has 1 aliphatic carbocycles. The second kappa shape index (κ2) is 6.78. The van der Waals surface area contributed by atoms with Crippen molar-refractivity contribution in [3.8, 4) is 0 Å². The maximum atomic E-state index is 12.4. The number of hydrogen-bond acceptors (Lipinski definition) is 3. The molecular formula is C14H21ClN2O2S. The summed E-state index contributed by atoms with van der Waals surface area (Å²) in [5, 5.41) is 0.170. The van der Waals surface area contributed by atoms with Gasteiger partial charge in [-0.3, -0.25) is 0 Å². The first-order valence-electron chi connectivity index (χ1n) is 7.06. The zero-order valence-electron chi connectivity index (χ0n) is 11.4. The van der Waals surface area contributed by atoms with E-state index in [1.165, 1.54) is 31.4 Å². The van der Waals surface area contributed by atoms with Crippen LogP contribution in [-0.2, 0) is 10.0 Å². The van der Waals surface area contributed by atoms with E-state index in [0.717, 1.165) is 25.7 Å². The van der Waals surface area contributed by atoms with Gasteiger partial charge in [-0.1, -0.05) is 43.7 Å². The number of halogens is 1. The Morgan fingerprint density at radius 3 is 2.30 bits per heavy atom. The van der Waals surface area contributed by atoms with Gasteiger partial charge < -0.3 is 5.73 Å². The predicted octanol–water partition coefficient (Wildman–Crippen LogP) is 3.31. The Morgan fingerprint density at radius 2 is 1.70 bits per heavy atom. The summed E-state index contributed by atoms with van der Waals surface area (Å²) in [7, 11) is -3.57. The highest BCUT2D eigenvalue weighted by atomic mass is 35.5. The molecule has 0 aromatic heterocycles. The fourth-order valence-corrected chi connectivity index (χ4v) is 4.45. The average Bonchev–Trinajstić information content (AvgIpc) is 2.31. The minimum absolute atomic E-state index is 0.00826. The Labute approximate surface area is 125 Å². The predicted molar refractivity (Wildman–Crippen MR) is 82.3 cm³/mol. The molecule has 0 unspecified atom stereocenters. The Kier molecular flexibility index (Phi) is 5.29. The standard InChI is InChI=1S/C14H21ClN2O2S/c15-13-10-11(16)8-9-14(13)20(18,19)17-12-6-4-2-1-3-5-7-12/h8-10,12,17H,1-7,16H2. The molecular weight excluding hydrogens is 296 g/mol. The molecule has 3 N–H and O–H groups in total. The Bertz CT molecular complexity index is 552. The highest BCUT2D eigenvalue weighted by Gasteiger charge is 2.22. The van der Waals surface area contributed by atoms with Gasteiger partial charge in [0.1, 0.15) is 4.90 Å². The van der Waals surface area contributed by atoms with Gasteiger partial charge in [0.2, 0.25) is 10.0 Å². The van der Waals surface area contributed by atoms with Crippen LogP contribution < -0.4 is 10.5 Å². The summed E-state index contributed by atoms with van der Waals surface area (Å²) in [6.07, 6.45) is 7.55. The molecule has 6 heteroatoms. The molecule has 0 atom stereocenters. The zero-order valence-corrected chi connectivity index (χ0v) is 13.0. The van der Waals surface area contributed by atoms with Crippen molar-refractivity contribution in [1.82, 2.24) is 4.72 Å². The van der Waals surface area contributed by atoms with E-state index in [4.69, 9.17) is 17.3 Å². The van der Waals surface area contributed by atoms with E-state index in [1.807, 2.05) is 0 Å². The lowest BCUT2D eigenvalue weighted by molar-refractivity contribution is 0.426. The molecule has 0 aliphatic heterocycles. The summed E-state index contributed by atoms with van der Waals surface area (Å²) in [6, 6.07) is 4.49. The lowest BCUT2D eigenvalue weighted by atomic mass is 9.97. The largest absolute Gasteiger partial charge is 0.399 e. The number of sulfonamides is 1. The summed E-state index contributed by atoms with van der Waals surface area (Å²) in [6.45, 7) is 0. The molecule has 0 radical (unpaired) electrons. The minimum Gasteiger partial charge on any atom is -0.399 e. The first-order valence-corrected chi connectivity index (χ1v) is 8.92. The van der Waals surface area contributed by atoms with Crippen molar-refractivity contribution in [3.63, 3.8) is 0 Å². The van der Waals surface area contributed by atoms with Gasteiger partial charge in [0, 0.05) is 11.7 Å². The smallest absolute Gasteiger partial charge is 0.242 e. The first kappa shape index (κ1) is 15.6. The molecule has 4 nitrogen and oxygen atoms in total. The van der Waals surface area contributed by atoms with E-state index >= 15 is 0 Å². The van der Waals surface area contributed by atoms with Gasteiger partial charge in [-0.05, 0) is 31.0 Å². The van der Waals surface area contributed by atoms with Crippen molar-refractivity contribution in [3.05, 3.63) is 23.2 Å². The van der Waals surface area contributed by atoms with Crippen LogP contribution in [0.1, 0.15) is 44.9 Å². The lowest BCUT2D eigenvalue weighted by Crippen LogP contribution is -2.35. The van der Waals surface area contributed by atoms with Crippen LogP contribution in [0.3, 0.4) is 0 Å². The van der Waals surface area contributed by atoms with Gasteiger partial charge in [0.15, 0.2) is 0 Å². The van der Waals surface area contributed by atoms with Crippen molar-refractivity contribution in [2.75, 3.05) is 5.73 Å². The van der Waals surface area contributed by atoms with Crippen LogP contribution in [0.15, 0.2) is 23.1 Å². The molecule has 0 saturated heterocycles. The number of benzene rings is 1. The molecule has 1 fully saturated rings. The molecule has 1 aliphatic rings. The van der Waals surface area contributed by atoms with Gasteiger partial charge >= 0.3 is 0 Å². The molecule has 0 spiro atoms. The van der Waals surface area contributed by atoms with E-state index in [0.29, 0.717) is 5.69 Å². The molecule has 0 heterocycles. The number of nitrogens with one attached hydrogen (secondary N) is 1. The maximum absolute atomic E-state index is 12.4. The third-order valence-electron chi connectivity index (χ3n) is 3.67. The zero-order chi connectivity index (χ0) is 14.6. The normalized spacial score (nSPS) is 18.4. The Hall–Kier alpha value is -0.780. The number of hydrogen-bond donors (Lipinski definition) is 2. The van der Waals surface area contributed by atoms with E-state index in [9.17, 15) is 8.42 Å². The van der Waals surface area contributed by atoms with Crippen molar-refractivity contribution >= 4 is 27.3 Å². The Morgan fingerprint density at radius 1 is 1.10 bits per heavy atom.